The van der Waals surface area contributed by atoms with Gasteiger partial charge in [-0.05, 0) is 28.5 Å². The van der Waals surface area contributed by atoms with Crippen LogP contribution in [0.1, 0.15) is 25.5 Å². The molecule has 0 bridgehead atoms. The van der Waals surface area contributed by atoms with E-state index in [9.17, 15) is 0 Å². The second-order valence-corrected chi connectivity index (χ2v) is 7.68. The monoisotopic (exact) mass is 374 g/mol. The number of nitrogens with zero attached hydrogens (tertiary/aromatic N) is 2. The van der Waals surface area contributed by atoms with E-state index in [-0.39, 0.29) is 0 Å². The largest absolute Gasteiger partial charge is 0.249 e. The van der Waals surface area contributed by atoms with Crippen LogP contribution < -0.4 is 0 Å². The van der Waals surface area contributed by atoms with Gasteiger partial charge < -0.3 is 0 Å². The molecule has 2 heteroatoms. The molecule has 5 aromatic rings. The molecule has 0 amide bonds. The number of hydrogen-bond donors (Lipinski definition) is 0. The zero-order valence-electron chi connectivity index (χ0n) is 16.6. The lowest BCUT2D eigenvalue weighted by atomic mass is 9.96. The second-order valence-electron chi connectivity index (χ2n) is 7.68. The highest BCUT2D eigenvalue weighted by Crippen LogP contribution is 2.35. The quantitative estimate of drug-likeness (QED) is 0.311. The summed E-state index contributed by atoms with van der Waals surface area (Å²) in [4.78, 5) is 10.3. The normalized spacial score (nSPS) is 11.4. The summed E-state index contributed by atoms with van der Waals surface area (Å²) in [6.07, 6.45) is 0. The average molecular weight is 374 g/mol. The number of rotatable bonds is 3. The molecule has 0 unspecified atom stereocenters. The molecule has 5 rings (SSSR count). The van der Waals surface area contributed by atoms with E-state index in [1.165, 1.54) is 16.5 Å². The number of aromatic nitrogens is 2. The molecular weight excluding hydrogens is 352 g/mol. The van der Waals surface area contributed by atoms with Crippen LogP contribution in [0.4, 0.5) is 0 Å². The van der Waals surface area contributed by atoms with Gasteiger partial charge in [-0.2, -0.15) is 0 Å². The van der Waals surface area contributed by atoms with Crippen LogP contribution in [0, 0.1) is 0 Å². The Morgan fingerprint density at radius 1 is 0.621 bits per heavy atom. The number of benzene rings is 4. The van der Waals surface area contributed by atoms with Crippen LogP contribution in [-0.4, -0.2) is 9.97 Å². The molecular formula is C27H22N2. The lowest BCUT2D eigenvalue weighted by Crippen LogP contribution is -2.01. The summed E-state index contributed by atoms with van der Waals surface area (Å²) in [5.74, 6) is 0.294. The molecule has 0 radical (unpaired) electrons. The first-order chi connectivity index (χ1) is 14.2. The lowest BCUT2D eigenvalue weighted by Gasteiger charge is -2.15. The molecule has 0 saturated carbocycles. The smallest absolute Gasteiger partial charge is 0.0979 e. The third-order valence-electron chi connectivity index (χ3n) is 5.38. The van der Waals surface area contributed by atoms with Gasteiger partial charge in [0.25, 0.3) is 0 Å². The molecule has 0 aliphatic heterocycles. The summed E-state index contributed by atoms with van der Waals surface area (Å²) < 4.78 is 0. The highest BCUT2D eigenvalue weighted by atomic mass is 14.8. The van der Waals surface area contributed by atoms with E-state index in [1.807, 2.05) is 6.07 Å². The van der Waals surface area contributed by atoms with Crippen LogP contribution in [0.5, 0.6) is 0 Å². The van der Waals surface area contributed by atoms with Gasteiger partial charge in [0.15, 0.2) is 0 Å². The Labute approximate surface area is 170 Å². The number of fused-ring (bicyclic) bond motifs is 3. The first kappa shape index (κ1) is 17.6. The van der Waals surface area contributed by atoms with E-state index in [4.69, 9.17) is 9.97 Å². The van der Waals surface area contributed by atoms with Crippen molar-refractivity contribution in [2.24, 2.45) is 0 Å². The summed E-state index contributed by atoms with van der Waals surface area (Å²) in [6.45, 7) is 4.36. The first-order valence-electron chi connectivity index (χ1n) is 10.1. The van der Waals surface area contributed by atoms with Gasteiger partial charge in [-0.25, -0.2) is 9.97 Å². The van der Waals surface area contributed by atoms with Gasteiger partial charge in [-0.3, -0.25) is 0 Å². The Morgan fingerprint density at radius 3 is 2.00 bits per heavy atom. The van der Waals surface area contributed by atoms with E-state index in [0.29, 0.717) is 5.92 Å². The summed E-state index contributed by atoms with van der Waals surface area (Å²) in [6, 6.07) is 31.6. The van der Waals surface area contributed by atoms with E-state index >= 15 is 0 Å². The maximum atomic E-state index is 5.22. The van der Waals surface area contributed by atoms with Gasteiger partial charge in [-0.1, -0.05) is 98.8 Å². The van der Waals surface area contributed by atoms with Crippen molar-refractivity contribution in [3.63, 3.8) is 0 Å². The predicted octanol–water partition coefficient (Wildman–Crippen LogP) is 7.24. The molecule has 0 saturated heterocycles. The molecule has 0 aliphatic rings. The molecule has 2 nitrogen and oxygen atoms in total. The fourth-order valence-corrected chi connectivity index (χ4v) is 3.97. The maximum absolute atomic E-state index is 5.22. The topological polar surface area (TPSA) is 25.8 Å². The average Bonchev–Trinajstić information content (AvgIpc) is 2.78. The second kappa shape index (κ2) is 7.14. The van der Waals surface area contributed by atoms with Crippen LogP contribution in [0.15, 0.2) is 91.0 Å². The minimum absolute atomic E-state index is 0.294. The van der Waals surface area contributed by atoms with Crippen molar-refractivity contribution >= 4 is 21.8 Å². The molecule has 140 valence electrons. The number of hydrogen-bond acceptors (Lipinski definition) is 2. The predicted molar refractivity (Wildman–Crippen MR) is 122 cm³/mol. The molecule has 4 aromatic carbocycles. The Morgan fingerprint density at radius 2 is 1.31 bits per heavy atom. The highest BCUT2D eigenvalue weighted by molar-refractivity contribution is 6.12. The van der Waals surface area contributed by atoms with Crippen molar-refractivity contribution in [1.29, 1.82) is 0 Å². The first-order valence-corrected chi connectivity index (χ1v) is 10.1. The molecule has 0 N–H and O–H groups in total. The van der Waals surface area contributed by atoms with E-state index in [0.717, 1.165) is 33.4 Å². The Hall–Kier alpha value is -3.52. The lowest BCUT2D eigenvalue weighted by molar-refractivity contribution is 0.826. The van der Waals surface area contributed by atoms with Crippen LogP contribution in [0.25, 0.3) is 44.2 Å². The zero-order chi connectivity index (χ0) is 19.8. The summed E-state index contributed by atoms with van der Waals surface area (Å²) >= 11 is 0. The molecule has 0 aliphatic carbocycles. The Bertz CT molecular complexity index is 1310. The Kier molecular flexibility index (Phi) is 4.33. The fraction of sp³-hybridized carbons (Fsp3) is 0.111. The van der Waals surface area contributed by atoms with Crippen molar-refractivity contribution in [2.45, 2.75) is 19.8 Å². The summed E-state index contributed by atoms with van der Waals surface area (Å²) in [5.41, 5.74) is 7.43. The third kappa shape index (κ3) is 3.07. The maximum Gasteiger partial charge on any atom is 0.0979 e. The van der Waals surface area contributed by atoms with Crippen molar-refractivity contribution in [1.82, 2.24) is 9.97 Å². The summed E-state index contributed by atoms with van der Waals surface area (Å²) in [7, 11) is 0. The van der Waals surface area contributed by atoms with Crippen LogP contribution in [0.3, 0.4) is 0 Å². The van der Waals surface area contributed by atoms with Crippen LogP contribution >= 0.6 is 0 Å². The Balaban J connectivity index is 1.90. The molecule has 1 heterocycles. The van der Waals surface area contributed by atoms with Crippen molar-refractivity contribution < 1.29 is 0 Å². The van der Waals surface area contributed by atoms with Gasteiger partial charge in [0.2, 0.25) is 0 Å². The van der Waals surface area contributed by atoms with Crippen LogP contribution in [0.2, 0.25) is 0 Å². The minimum Gasteiger partial charge on any atom is -0.249 e. The molecule has 29 heavy (non-hydrogen) atoms. The van der Waals surface area contributed by atoms with Crippen molar-refractivity contribution in [3.8, 4) is 22.4 Å². The van der Waals surface area contributed by atoms with Gasteiger partial charge >= 0.3 is 0 Å². The molecule has 0 atom stereocenters. The molecule has 0 fully saturated rings. The third-order valence-corrected chi connectivity index (χ3v) is 5.38. The highest BCUT2D eigenvalue weighted by Gasteiger charge is 2.16. The standard InChI is InChI=1S/C27H22N2/c1-18(2)25-26(21-12-7-4-8-13-21)29-27-23(28-25)17-16-20-14-9-15-22(24(20)27)19-10-5-3-6-11-19/h3-18H,1-2H3. The van der Waals surface area contributed by atoms with Crippen molar-refractivity contribution in [3.05, 3.63) is 96.7 Å². The van der Waals surface area contributed by atoms with Crippen molar-refractivity contribution in [2.75, 3.05) is 0 Å². The fourth-order valence-electron chi connectivity index (χ4n) is 3.97. The zero-order valence-corrected chi connectivity index (χ0v) is 16.6. The van der Waals surface area contributed by atoms with Gasteiger partial charge in [0.1, 0.15) is 0 Å². The van der Waals surface area contributed by atoms with Gasteiger partial charge in [0.05, 0.1) is 22.4 Å². The van der Waals surface area contributed by atoms with Crippen LogP contribution in [-0.2, 0) is 0 Å². The molecule has 1 aromatic heterocycles. The van der Waals surface area contributed by atoms with Gasteiger partial charge in [-0.15, -0.1) is 0 Å². The van der Waals surface area contributed by atoms with Gasteiger partial charge in [0, 0.05) is 10.9 Å². The summed E-state index contributed by atoms with van der Waals surface area (Å²) in [5, 5.41) is 2.35. The van der Waals surface area contributed by atoms with E-state index < -0.39 is 0 Å². The SMILES string of the molecule is CC(C)c1nc2ccc3cccc(-c4ccccc4)c3c2nc1-c1ccccc1. The van der Waals surface area contributed by atoms with E-state index in [2.05, 4.69) is 98.8 Å². The minimum atomic E-state index is 0.294. The molecule has 0 spiro atoms. The van der Waals surface area contributed by atoms with E-state index in [1.54, 1.807) is 0 Å².